The van der Waals surface area contributed by atoms with Gasteiger partial charge in [-0.2, -0.15) is 4.57 Å². The molecule has 2 atom stereocenters. The van der Waals surface area contributed by atoms with Gasteiger partial charge in [-0.25, -0.2) is 0 Å². The molecule has 51 heavy (non-hydrogen) atoms. The van der Waals surface area contributed by atoms with Gasteiger partial charge in [0.25, 0.3) is 0 Å². The van der Waals surface area contributed by atoms with Crippen molar-refractivity contribution in [2.45, 2.75) is 51.5 Å². The highest BCUT2D eigenvalue weighted by Gasteiger charge is 2.56. The molecule has 0 N–H and O–H groups in total. The third-order valence-corrected chi connectivity index (χ3v) is 12.3. The summed E-state index contributed by atoms with van der Waals surface area (Å²) in [5.41, 5.74) is 15.0. The Bertz CT molecular complexity index is 2540. The van der Waals surface area contributed by atoms with Crippen LogP contribution in [0.2, 0.25) is 0 Å². The van der Waals surface area contributed by atoms with E-state index in [1.54, 1.807) is 0 Å². The van der Waals surface area contributed by atoms with Crippen molar-refractivity contribution in [2.24, 2.45) is 0 Å². The summed E-state index contributed by atoms with van der Waals surface area (Å²) in [6, 6.07) is 58.3. The minimum Gasteiger partial charge on any atom is -0.309 e. The zero-order chi connectivity index (χ0) is 34.7. The first-order chi connectivity index (χ1) is 24.9. The van der Waals surface area contributed by atoms with Crippen molar-refractivity contribution in [1.82, 2.24) is 4.57 Å². The van der Waals surface area contributed by atoms with Gasteiger partial charge in [0.1, 0.15) is 0 Å². The molecule has 0 radical (unpaired) electrons. The first kappa shape index (κ1) is 31.3. The fraction of sp³-hybridized carbons (Fsp3) is 0.163. The topological polar surface area (TPSA) is 8.81 Å². The molecule has 0 amide bonds. The Kier molecular flexibility index (Phi) is 7.33. The van der Waals surface area contributed by atoms with E-state index in [0.29, 0.717) is 0 Å². The van der Waals surface area contributed by atoms with Gasteiger partial charge in [0.15, 0.2) is 11.7 Å². The summed E-state index contributed by atoms with van der Waals surface area (Å²) in [7, 11) is 0. The maximum atomic E-state index is 2.55. The summed E-state index contributed by atoms with van der Waals surface area (Å²) in [5, 5.41) is 2.54. The van der Waals surface area contributed by atoms with E-state index in [-0.39, 0.29) is 11.0 Å². The predicted octanol–water partition coefficient (Wildman–Crippen LogP) is 12.5. The molecule has 6 aromatic carbocycles. The molecule has 2 heteroatoms. The van der Waals surface area contributed by atoms with Crippen molar-refractivity contribution in [3.05, 3.63) is 169 Å². The second-order valence-electron chi connectivity index (χ2n) is 14.6. The van der Waals surface area contributed by atoms with Crippen LogP contribution in [0.5, 0.6) is 0 Å². The number of hydrogen-bond acceptors (Lipinski definition) is 0. The van der Waals surface area contributed by atoms with E-state index >= 15 is 0 Å². The van der Waals surface area contributed by atoms with Crippen LogP contribution >= 0.6 is 0 Å². The molecule has 8 aromatic rings. The number of pyridine rings is 1. The number of fused-ring (bicyclic) bond motifs is 6. The van der Waals surface area contributed by atoms with Gasteiger partial charge in [-0.05, 0) is 101 Å². The first-order valence-corrected chi connectivity index (χ1v) is 18.4. The SMILES string of the molecule is CCC1(C)c2ccc(-c3cccc(-c4cc(-c5ccccc5)cc(-n5c6ccccc6c6ccccc65)c4)c3)cc2-c2cccc[n+]2C1(C)CC. The lowest BCUT2D eigenvalue weighted by Crippen LogP contribution is -2.67. The normalized spacial score (nSPS) is 18.1. The molecular weight excluding hydrogens is 617 g/mol. The quantitative estimate of drug-likeness (QED) is 0.157. The van der Waals surface area contributed by atoms with Crippen LogP contribution in [0.25, 0.3) is 72.1 Å². The van der Waals surface area contributed by atoms with Gasteiger partial charge in [0.05, 0.1) is 22.0 Å². The molecule has 2 nitrogen and oxygen atoms in total. The molecule has 0 saturated heterocycles. The van der Waals surface area contributed by atoms with E-state index in [2.05, 4.69) is 201 Å². The molecule has 2 aromatic heterocycles. The van der Waals surface area contributed by atoms with Crippen molar-refractivity contribution in [2.75, 3.05) is 0 Å². The summed E-state index contributed by atoms with van der Waals surface area (Å²) in [6.45, 7) is 9.59. The Labute approximate surface area is 301 Å². The van der Waals surface area contributed by atoms with E-state index in [4.69, 9.17) is 0 Å². The summed E-state index contributed by atoms with van der Waals surface area (Å²) < 4.78 is 4.97. The highest BCUT2D eigenvalue weighted by molar-refractivity contribution is 6.09. The van der Waals surface area contributed by atoms with Gasteiger partial charge in [-0.1, -0.05) is 111 Å². The van der Waals surface area contributed by atoms with E-state index in [9.17, 15) is 0 Å². The molecule has 1 aliphatic heterocycles. The third-order valence-electron chi connectivity index (χ3n) is 12.3. The molecule has 0 spiro atoms. The predicted molar refractivity (Wildman–Crippen MR) is 214 cm³/mol. The molecule has 9 rings (SSSR count). The molecule has 0 saturated carbocycles. The van der Waals surface area contributed by atoms with E-state index < -0.39 is 0 Å². The molecular formula is C49H43N2+. The van der Waals surface area contributed by atoms with Gasteiger partial charge < -0.3 is 4.57 Å². The Morgan fingerprint density at radius 3 is 1.75 bits per heavy atom. The zero-order valence-electron chi connectivity index (χ0n) is 29.9. The second kappa shape index (κ2) is 12.0. The molecule has 0 bridgehead atoms. The summed E-state index contributed by atoms with van der Waals surface area (Å²) in [4.78, 5) is 0. The highest BCUT2D eigenvalue weighted by Crippen LogP contribution is 2.50. The van der Waals surface area contributed by atoms with Gasteiger partial charge in [-0.15, -0.1) is 0 Å². The first-order valence-electron chi connectivity index (χ1n) is 18.4. The third kappa shape index (κ3) is 4.73. The van der Waals surface area contributed by atoms with Crippen LogP contribution in [0, 0.1) is 0 Å². The number of para-hydroxylation sites is 2. The molecule has 0 aliphatic carbocycles. The van der Waals surface area contributed by atoms with Crippen molar-refractivity contribution in [3.63, 3.8) is 0 Å². The molecule has 248 valence electrons. The number of aromatic nitrogens is 2. The van der Waals surface area contributed by atoms with Crippen molar-refractivity contribution >= 4 is 21.8 Å². The van der Waals surface area contributed by atoms with Crippen LogP contribution in [0.3, 0.4) is 0 Å². The minimum absolute atomic E-state index is 0.00930. The number of hydrogen-bond donors (Lipinski definition) is 0. The Morgan fingerprint density at radius 2 is 1.06 bits per heavy atom. The van der Waals surface area contributed by atoms with Crippen LogP contribution in [0.15, 0.2) is 164 Å². The van der Waals surface area contributed by atoms with Crippen LogP contribution in [-0.4, -0.2) is 4.57 Å². The zero-order valence-corrected chi connectivity index (χ0v) is 29.9. The number of rotatable bonds is 6. The fourth-order valence-corrected chi connectivity index (χ4v) is 8.98. The Morgan fingerprint density at radius 1 is 0.490 bits per heavy atom. The Balaban J connectivity index is 1.22. The van der Waals surface area contributed by atoms with Crippen LogP contribution in [0.1, 0.15) is 46.1 Å². The fourth-order valence-electron chi connectivity index (χ4n) is 8.98. The smallest absolute Gasteiger partial charge is 0.213 e. The standard InChI is InChI=1S/C49H43N2/c1-5-48(3)44-27-26-37(33-43(44)45-23-14-15-28-50(45)49(48,4)6-2)35-19-16-20-36(29-35)39-30-38(34-17-8-7-9-18-34)31-40(32-39)51-46-24-12-10-21-41(46)42-22-11-13-25-47(42)51/h7-33H,5-6H2,1-4H3/q+1. The van der Waals surface area contributed by atoms with Crippen LogP contribution in [-0.2, 0) is 11.0 Å². The lowest BCUT2D eigenvalue weighted by Gasteiger charge is -2.46. The average molecular weight is 660 g/mol. The van der Waals surface area contributed by atoms with Crippen molar-refractivity contribution in [1.29, 1.82) is 0 Å². The van der Waals surface area contributed by atoms with Gasteiger partial charge in [0, 0.05) is 41.9 Å². The number of nitrogens with zero attached hydrogens (tertiary/aromatic N) is 2. The van der Waals surface area contributed by atoms with E-state index in [1.165, 1.54) is 72.0 Å². The van der Waals surface area contributed by atoms with Gasteiger partial charge in [-0.3, -0.25) is 0 Å². The van der Waals surface area contributed by atoms with Gasteiger partial charge >= 0.3 is 0 Å². The molecule has 1 aliphatic rings. The summed E-state index contributed by atoms with van der Waals surface area (Å²) in [6.07, 6.45) is 4.44. The van der Waals surface area contributed by atoms with E-state index in [1.807, 2.05) is 0 Å². The second-order valence-corrected chi connectivity index (χ2v) is 14.6. The summed E-state index contributed by atoms with van der Waals surface area (Å²) >= 11 is 0. The minimum atomic E-state index is -0.00930. The Hall–Kier alpha value is -5.73. The molecule has 0 fully saturated rings. The lowest BCUT2D eigenvalue weighted by atomic mass is 9.60. The molecule has 2 unspecified atom stereocenters. The van der Waals surface area contributed by atoms with E-state index in [0.717, 1.165) is 18.5 Å². The maximum Gasteiger partial charge on any atom is 0.213 e. The maximum absolute atomic E-state index is 2.55. The van der Waals surface area contributed by atoms with Crippen molar-refractivity contribution < 1.29 is 4.57 Å². The monoisotopic (exact) mass is 659 g/mol. The summed E-state index contributed by atoms with van der Waals surface area (Å²) in [5.74, 6) is 0. The lowest BCUT2D eigenvalue weighted by molar-refractivity contribution is -0.765. The molecule has 3 heterocycles. The average Bonchev–Trinajstić information content (AvgIpc) is 3.54. The highest BCUT2D eigenvalue weighted by atomic mass is 15.1. The largest absolute Gasteiger partial charge is 0.309 e. The van der Waals surface area contributed by atoms with Gasteiger partial charge in [0.2, 0.25) is 5.69 Å². The van der Waals surface area contributed by atoms with Crippen LogP contribution < -0.4 is 4.57 Å². The number of benzene rings is 6. The van der Waals surface area contributed by atoms with Crippen LogP contribution in [0.4, 0.5) is 0 Å². The van der Waals surface area contributed by atoms with Crippen molar-refractivity contribution in [3.8, 4) is 50.3 Å².